The van der Waals surface area contributed by atoms with Gasteiger partial charge in [-0.3, -0.25) is 4.79 Å². The number of hydrogen-bond donors (Lipinski definition) is 2. The molecule has 1 amide bonds. The molecule has 128 valence electrons. The molecule has 0 saturated heterocycles. The lowest BCUT2D eigenvalue weighted by atomic mass is 9.96. The molecule has 0 radical (unpaired) electrons. The first-order valence-electron chi connectivity index (χ1n) is 7.07. The summed E-state index contributed by atoms with van der Waals surface area (Å²) in [6.45, 7) is 5.46. The van der Waals surface area contributed by atoms with Gasteiger partial charge in [-0.1, -0.05) is 67.6 Å². The molecule has 9 heteroatoms. The number of halogens is 1. The first kappa shape index (κ1) is 19.1. The Bertz CT molecular complexity index is 725. The van der Waals surface area contributed by atoms with Crippen LogP contribution < -0.4 is 10.6 Å². The summed E-state index contributed by atoms with van der Waals surface area (Å²) in [4.78, 5) is 11.9. The van der Waals surface area contributed by atoms with E-state index in [4.69, 9.17) is 23.8 Å². The van der Waals surface area contributed by atoms with Gasteiger partial charge in [-0.2, -0.15) is 0 Å². The summed E-state index contributed by atoms with van der Waals surface area (Å²) >= 11 is 13.9. The molecule has 0 unspecified atom stereocenters. The third-order valence-electron chi connectivity index (χ3n) is 2.81. The second kappa shape index (κ2) is 8.24. The Balaban J connectivity index is 1.85. The number of carbonyl (C=O) groups excluding carboxylic acids is 1. The quantitative estimate of drug-likeness (QED) is 0.587. The SMILES string of the molecule is CC(C)(C)C(=O)NC(=S)Nc1nnc(SCc2ccc(Cl)cc2)s1. The second-order valence-electron chi connectivity index (χ2n) is 5.95. The Kier molecular flexibility index (Phi) is 6.56. The highest BCUT2D eigenvalue weighted by Crippen LogP contribution is 2.28. The average molecular weight is 401 g/mol. The number of nitrogens with one attached hydrogen (secondary N) is 2. The summed E-state index contributed by atoms with van der Waals surface area (Å²) in [5.74, 6) is 0.624. The van der Waals surface area contributed by atoms with E-state index in [1.54, 1.807) is 11.8 Å². The fourth-order valence-corrected chi connectivity index (χ4v) is 3.56. The fraction of sp³-hybridized carbons (Fsp3) is 0.333. The molecule has 0 saturated carbocycles. The monoisotopic (exact) mass is 400 g/mol. The van der Waals surface area contributed by atoms with Gasteiger partial charge in [0.25, 0.3) is 0 Å². The van der Waals surface area contributed by atoms with Crippen LogP contribution in [0.5, 0.6) is 0 Å². The van der Waals surface area contributed by atoms with Crippen molar-refractivity contribution in [1.29, 1.82) is 0 Å². The molecule has 1 heterocycles. The summed E-state index contributed by atoms with van der Waals surface area (Å²) in [6, 6.07) is 7.68. The molecule has 2 N–H and O–H groups in total. The van der Waals surface area contributed by atoms with Gasteiger partial charge in [0.15, 0.2) is 9.45 Å². The van der Waals surface area contributed by atoms with Crippen LogP contribution in [0.15, 0.2) is 28.6 Å². The number of carbonyl (C=O) groups is 1. The van der Waals surface area contributed by atoms with Gasteiger partial charge in [0.2, 0.25) is 11.0 Å². The summed E-state index contributed by atoms with van der Waals surface area (Å²) in [5.41, 5.74) is 0.647. The molecule has 0 fully saturated rings. The molecular weight excluding hydrogens is 384 g/mol. The molecule has 0 aliphatic rings. The fourth-order valence-electron chi connectivity index (χ4n) is 1.46. The molecule has 2 aromatic rings. The molecular formula is C15H17ClN4OS3. The summed E-state index contributed by atoms with van der Waals surface area (Å²) < 4.78 is 0.817. The first-order valence-corrected chi connectivity index (χ1v) is 9.66. The molecule has 24 heavy (non-hydrogen) atoms. The molecule has 1 aromatic heterocycles. The van der Waals surface area contributed by atoms with Gasteiger partial charge < -0.3 is 10.6 Å². The smallest absolute Gasteiger partial charge is 0.231 e. The highest BCUT2D eigenvalue weighted by atomic mass is 35.5. The normalized spacial score (nSPS) is 11.2. The van der Waals surface area contributed by atoms with Crippen LogP contribution in [0.1, 0.15) is 26.3 Å². The van der Waals surface area contributed by atoms with Gasteiger partial charge in [0, 0.05) is 16.2 Å². The van der Waals surface area contributed by atoms with Crippen LogP contribution in [0, 0.1) is 5.41 Å². The zero-order chi connectivity index (χ0) is 17.7. The van der Waals surface area contributed by atoms with Crippen molar-refractivity contribution >= 4 is 63.1 Å². The molecule has 0 aliphatic carbocycles. The standard InChI is InChI=1S/C15H17ClN4OS3/c1-15(2,3)11(21)17-12(22)18-13-19-20-14(24-13)23-8-9-4-6-10(16)7-5-9/h4-7H,8H2,1-3H3,(H2,17,18,19,21,22). The molecule has 0 spiro atoms. The van der Waals surface area contributed by atoms with E-state index in [0.29, 0.717) is 5.13 Å². The number of aromatic nitrogens is 2. The van der Waals surface area contributed by atoms with E-state index in [1.165, 1.54) is 11.3 Å². The second-order valence-corrected chi connectivity index (χ2v) is 8.99. The van der Waals surface area contributed by atoms with Crippen molar-refractivity contribution in [3.63, 3.8) is 0 Å². The van der Waals surface area contributed by atoms with Crippen LogP contribution in [0.2, 0.25) is 5.02 Å². The third-order valence-corrected chi connectivity index (χ3v) is 5.31. The van der Waals surface area contributed by atoms with E-state index in [1.807, 2.05) is 45.0 Å². The lowest BCUT2D eigenvalue weighted by molar-refractivity contribution is -0.126. The Labute approximate surface area is 159 Å². The lowest BCUT2D eigenvalue weighted by Crippen LogP contribution is -2.41. The van der Waals surface area contributed by atoms with Crippen LogP contribution >= 0.6 is 46.9 Å². The van der Waals surface area contributed by atoms with Crippen molar-refractivity contribution in [3.05, 3.63) is 34.9 Å². The van der Waals surface area contributed by atoms with E-state index in [0.717, 1.165) is 20.7 Å². The number of hydrogen-bond acceptors (Lipinski definition) is 6. The van der Waals surface area contributed by atoms with E-state index < -0.39 is 5.41 Å². The van der Waals surface area contributed by atoms with Crippen molar-refractivity contribution in [2.45, 2.75) is 30.9 Å². The molecule has 5 nitrogen and oxygen atoms in total. The summed E-state index contributed by atoms with van der Waals surface area (Å²) in [6.07, 6.45) is 0. The molecule has 0 atom stereocenters. The number of amides is 1. The van der Waals surface area contributed by atoms with E-state index >= 15 is 0 Å². The van der Waals surface area contributed by atoms with Crippen LogP contribution in [0.3, 0.4) is 0 Å². The average Bonchev–Trinajstić information content (AvgIpc) is 2.93. The van der Waals surface area contributed by atoms with Crippen molar-refractivity contribution in [2.75, 3.05) is 5.32 Å². The Morgan fingerprint density at radius 2 is 1.96 bits per heavy atom. The third kappa shape index (κ3) is 6.01. The van der Waals surface area contributed by atoms with Crippen LogP contribution in [-0.2, 0) is 10.5 Å². The minimum Gasteiger partial charge on any atom is -0.307 e. The highest BCUT2D eigenvalue weighted by molar-refractivity contribution is 8.00. The van der Waals surface area contributed by atoms with Gasteiger partial charge in [-0.25, -0.2) is 0 Å². The predicted octanol–water partition coefficient (Wildman–Crippen LogP) is 4.34. The highest BCUT2D eigenvalue weighted by Gasteiger charge is 2.22. The first-order chi connectivity index (χ1) is 11.2. The van der Waals surface area contributed by atoms with Crippen molar-refractivity contribution in [2.24, 2.45) is 5.41 Å². The Hall–Kier alpha value is -1.22. The maximum absolute atomic E-state index is 11.9. The minimum atomic E-state index is -0.507. The van der Waals surface area contributed by atoms with Crippen molar-refractivity contribution < 1.29 is 4.79 Å². The van der Waals surface area contributed by atoms with E-state index in [9.17, 15) is 4.79 Å². The van der Waals surface area contributed by atoms with Gasteiger partial charge in [0.05, 0.1) is 0 Å². The van der Waals surface area contributed by atoms with Crippen molar-refractivity contribution in [3.8, 4) is 0 Å². The molecule has 0 bridgehead atoms. The Morgan fingerprint density at radius 1 is 1.29 bits per heavy atom. The van der Waals surface area contributed by atoms with Crippen LogP contribution in [0.4, 0.5) is 5.13 Å². The number of thioether (sulfide) groups is 1. The topological polar surface area (TPSA) is 66.9 Å². The predicted molar refractivity (Wildman–Crippen MR) is 105 cm³/mol. The number of nitrogens with zero attached hydrogens (tertiary/aromatic N) is 2. The minimum absolute atomic E-state index is 0.151. The Morgan fingerprint density at radius 3 is 2.58 bits per heavy atom. The largest absolute Gasteiger partial charge is 0.307 e. The molecule has 1 aromatic carbocycles. The zero-order valence-electron chi connectivity index (χ0n) is 13.4. The lowest BCUT2D eigenvalue weighted by Gasteiger charge is -2.17. The van der Waals surface area contributed by atoms with E-state index in [-0.39, 0.29) is 11.0 Å². The van der Waals surface area contributed by atoms with Crippen molar-refractivity contribution in [1.82, 2.24) is 15.5 Å². The van der Waals surface area contributed by atoms with Gasteiger partial charge >= 0.3 is 0 Å². The number of rotatable bonds is 4. The van der Waals surface area contributed by atoms with Gasteiger partial charge in [-0.05, 0) is 29.9 Å². The number of thiocarbonyl (C=S) groups is 1. The molecule has 0 aliphatic heterocycles. The summed E-state index contributed by atoms with van der Waals surface area (Å²) in [7, 11) is 0. The van der Waals surface area contributed by atoms with Gasteiger partial charge in [0.1, 0.15) is 0 Å². The maximum Gasteiger partial charge on any atom is 0.231 e. The summed E-state index contributed by atoms with van der Waals surface area (Å²) in [5, 5.41) is 15.1. The molecule has 2 rings (SSSR count). The number of benzene rings is 1. The number of anilines is 1. The van der Waals surface area contributed by atoms with E-state index in [2.05, 4.69) is 20.8 Å². The van der Waals surface area contributed by atoms with Crippen LogP contribution in [-0.4, -0.2) is 21.2 Å². The van der Waals surface area contributed by atoms with Gasteiger partial charge in [-0.15, -0.1) is 10.2 Å². The zero-order valence-corrected chi connectivity index (χ0v) is 16.6. The van der Waals surface area contributed by atoms with Crippen LogP contribution in [0.25, 0.3) is 0 Å². The maximum atomic E-state index is 11.9.